The van der Waals surface area contributed by atoms with Crippen LogP contribution in [0.15, 0.2) is 12.3 Å². The number of likely N-dealkylation sites (N-methyl/N-ethyl adjacent to an activating group) is 2. The second kappa shape index (κ2) is 6.26. The number of carbonyl (C=O) groups excluding carboxylic acids is 1. The normalized spacial score (nSPS) is 19.3. The van der Waals surface area contributed by atoms with Crippen LogP contribution < -0.4 is 0 Å². The van der Waals surface area contributed by atoms with Crippen LogP contribution in [0.1, 0.15) is 30.1 Å². The minimum atomic E-state index is -1.24. The second-order valence-electron chi connectivity index (χ2n) is 5.07. The van der Waals surface area contributed by atoms with Gasteiger partial charge in [-0.3, -0.25) is 9.69 Å². The highest BCUT2D eigenvalue weighted by Crippen LogP contribution is 2.18. The maximum atomic E-state index is 13.6. The summed E-state index contributed by atoms with van der Waals surface area (Å²) in [4.78, 5) is 19.1. The predicted octanol–water partition coefficient (Wildman–Crippen LogP) is 1.92. The summed E-state index contributed by atoms with van der Waals surface area (Å²) in [5.41, 5.74) is -0.263. The Hall–Kier alpha value is -1.56. The van der Waals surface area contributed by atoms with Gasteiger partial charge in [-0.2, -0.15) is 4.39 Å². The number of carbonyl (C=O) groups is 1. The Bertz CT molecular complexity index is 495. The van der Waals surface area contributed by atoms with Crippen LogP contribution in [0.25, 0.3) is 0 Å². The summed E-state index contributed by atoms with van der Waals surface area (Å²) in [5.74, 6) is -2.92. The second-order valence-corrected chi connectivity index (χ2v) is 5.07. The lowest BCUT2D eigenvalue weighted by Gasteiger charge is -2.27. The highest BCUT2D eigenvalue weighted by Gasteiger charge is 2.27. The van der Waals surface area contributed by atoms with Gasteiger partial charge in [-0.25, -0.2) is 9.37 Å². The Labute approximate surface area is 117 Å². The van der Waals surface area contributed by atoms with Crippen LogP contribution in [-0.4, -0.2) is 53.4 Å². The van der Waals surface area contributed by atoms with Gasteiger partial charge in [-0.15, -0.1) is 0 Å². The molecule has 1 aromatic rings. The quantitative estimate of drug-likeness (QED) is 0.792. The van der Waals surface area contributed by atoms with E-state index in [1.54, 1.807) is 7.05 Å². The van der Waals surface area contributed by atoms with Crippen LogP contribution >= 0.6 is 0 Å². The van der Waals surface area contributed by atoms with Crippen molar-refractivity contribution in [1.29, 1.82) is 0 Å². The van der Waals surface area contributed by atoms with E-state index in [4.69, 9.17) is 0 Å². The summed E-state index contributed by atoms with van der Waals surface area (Å²) in [6.07, 6.45) is 3.24. The van der Waals surface area contributed by atoms with Gasteiger partial charge in [-0.1, -0.05) is 6.92 Å². The summed E-state index contributed by atoms with van der Waals surface area (Å²) in [5, 5.41) is 0. The Balaban J connectivity index is 2.07. The summed E-state index contributed by atoms with van der Waals surface area (Å²) in [6, 6.07) is 1.51. The third-order valence-electron chi connectivity index (χ3n) is 3.81. The first-order valence-corrected chi connectivity index (χ1v) is 6.84. The standard InChI is InChI=1S/C14H19F2N3O/c1-3-19-8-4-5-10(19)9-18(2)14(20)11-6-7-17-13(16)12(11)15/h6-7,10H,3-5,8-9H2,1-2H3. The maximum absolute atomic E-state index is 13.6. The minimum absolute atomic E-state index is 0.263. The van der Waals surface area contributed by atoms with Crippen molar-refractivity contribution in [3.05, 3.63) is 29.6 Å². The molecule has 1 aromatic heterocycles. The predicted molar refractivity (Wildman–Crippen MR) is 71.4 cm³/mol. The molecule has 0 aromatic carbocycles. The fourth-order valence-electron chi connectivity index (χ4n) is 2.71. The first kappa shape index (κ1) is 14.8. The van der Waals surface area contributed by atoms with Gasteiger partial charge < -0.3 is 4.90 Å². The number of halogens is 2. The molecule has 0 aliphatic carbocycles. The largest absolute Gasteiger partial charge is 0.340 e. The summed E-state index contributed by atoms with van der Waals surface area (Å²) >= 11 is 0. The number of rotatable bonds is 4. The number of amides is 1. The van der Waals surface area contributed by atoms with E-state index in [9.17, 15) is 13.6 Å². The van der Waals surface area contributed by atoms with E-state index in [2.05, 4.69) is 16.8 Å². The molecule has 0 radical (unpaired) electrons. The highest BCUT2D eigenvalue weighted by atomic mass is 19.2. The monoisotopic (exact) mass is 283 g/mol. The number of nitrogens with zero attached hydrogens (tertiary/aromatic N) is 3. The van der Waals surface area contributed by atoms with Gasteiger partial charge >= 0.3 is 0 Å². The maximum Gasteiger partial charge on any atom is 0.256 e. The summed E-state index contributed by atoms with van der Waals surface area (Å²) in [7, 11) is 1.62. The molecule has 0 saturated carbocycles. The molecule has 1 aliphatic rings. The first-order chi connectivity index (χ1) is 9.54. The summed E-state index contributed by atoms with van der Waals surface area (Å²) in [6.45, 7) is 4.57. The van der Waals surface area contributed by atoms with Gasteiger partial charge in [0.15, 0.2) is 5.82 Å². The third kappa shape index (κ3) is 2.95. The number of hydrogen-bond acceptors (Lipinski definition) is 3. The molecule has 20 heavy (non-hydrogen) atoms. The zero-order chi connectivity index (χ0) is 14.7. The highest BCUT2D eigenvalue weighted by molar-refractivity contribution is 5.94. The lowest BCUT2D eigenvalue weighted by atomic mass is 10.1. The lowest BCUT2D eigenvalue weighted by molar-refractivity contribution is 0.0748. The number of hydrogen-bond donors (Lipinski definition) is 0. The molecule has 1 unspecified atom stereocenters. The van der Waals surface area contributed by atoms with Crippen molar-refractivity contribution in [2.75, 3.05) is 26.7 Å². The zero-order valence-electron chi connectivity index (χ0n) is 11.8. The van der Waals surface area contributed by atoms with E-state index < -0.39 is 17.7 Å². The molecule has 2 heterocycles. The fraction of sp³-hybridized carbons (Fsp3) is 0.571. The SMILES string of the molecule is CCN1CCCC1CN(C)C(=O)c1ccnc(F)c1F. The van der Waals surface area contributed by atoms with Crippen LogP contribution in [-0.2, 0) is 0 Å². The van der Waals surface area contributed by atoms with Crippen molar-refractivity contribution in [2.45, 2.75) is 25.8 Å². The molecule has 1 atom stereocenters. The average molecular weight is 283 g/mol. The molecule has 4 nitrogen and oxygen atoms in total. The third-order valence-corrected chi connectivity index (χ3v) is 3.81. The number of pyridine rings is 1. The van der Waals surface area contributed by atoms with Gasteiger partial charge in [0.05, 0.1) is 5.56 Å². The Morgan fingerprint density at radius 3 is 3.00 bits per heavy atom. The van der Waals surface area contributed by atoms with Gasteiger partial charge in [-0.05, 0) is 32.0 Å². The molecule has 1 amide bonds. The van der Waals surface area contributed by atoms with Crippen LogP contribution in [0.4, 0.5) is 8.78 Å². The van der Waals surface area contributed by atoms with E-state index >= 15 is 0 Å². The van der Waals surface area contributed by atoms with Gasteiger partial charge in [0.25, 0.3) is 5.91 Å². The summed E-state index contributed by atoms with van der Waals surface area (Å²) < 4.78 is 26.6. The molecular weight excluding hydrogens is 264 g/mol. The topological polar surface area (TPSA) is 36.4 Å². The molecule has 1 saturated heterocycles. The Morgan fingerprint density at radius 1 is 1.55 bits per heavy atom. The van der Waals surface area contributed by atoms with Crippen molar-refractivity contribution in [3.63, 3.8) is 0 Å². The van der Waals surface area contributed by atoms with Crippen LogP contribution in [0.2, 0.25) is 0 Å². The molecular formula is C14H19F2N3O. The Kier molecular flexibility index (Phi) is 4.65. The van der Waals surface area contributed by atoms with Crippen LogP contribution in [0.3, 0.4) is 0 Å². The van der Waals surface area contributed by atoms with E-state index in [0.717, 1.165) is 32.1 Å². The van der Waals surface area contributed by atoms with Gasteiger partial charge in [0.1, 0.15) is 0 Å². The molecule has 6 heteroatoms. The van der Waals surface area contributed by atoms with E-state index in [1.807, 2.05) is 0 Å². The van der Waals surface area contributed by atoms with Crippen LogP contribution in [0.5, 0.6) is 0 Å². The van der Waals surface area contributed by atoms with E-state index in [1.165, 1.54) is 11.0 Å². The molecule has 0 N–H and O–H groups in total. The average Bonchev–Trinajstić information content (AvgIpc) is 2.88. The van der Waals surface area contributed by atoms with E-state index in [-0.39, 0.29) is 5.56 Å². The van der Waals surface area contributed by atoms with Gasteiger partial charge in [0, 0.05) is 25.8 Å². The van der Waals surface area contributed by atoms with E-state index in [0.29, 0.717) is 12.6 Å². The Morgan fingerprint density at radius 2 is 2.30 bits per heavy atom. The van der Waals surface area contributed by atoms with Crippen molar-refractivity contribution < 1.29 is 13.6 Å². The fourth-order valence-corrected chi connectivity index (χ4v) is 2.71. The van der Waals surface area contributed by atoms with Crippen molar-refractivity contribution in [3.8, 4) is 0 Å². The smallest absolute Gasteiger partial charge is 0.256 e. The molecule has 1 aliphatic heterocycles. The molecule has 0 spiro atoms. The number of likely N-dealkylation sites (tertiary alicyclic amines) is 1. The van der Waals surface area contributed by atoms with Crippen molar-refractivity contribution in [2.24, 2.45) is 0 Å². The minimum Gasteiger partial charge on any atom is -0.340 e. The lowest BCUT2D eigenvalue weighted by Crippen LogP contribution is -2.41. The van der Waals surface area contributed by atoms with Gasteiger partial charge in [0.2, 0.25) is 5.95 Å². The molecule has 1 fully saturated rings. The van der Waals surface area contributed by atoms with Crippen LogP contribution in [0, 0.1) is 11.8 Å². The molecule has 110 valence electrons. The van der Waals surface area contributed by atoms with Crippen molar-refractivity contribution in [1.82, 2.24) is 14.8 Å². The first-order valence-electron chi connectivity index (χ1n) is 6.84. The number of aromatic nitrogens is 1. The molecule has 0 bridgehead atoms. The molecule has 2 rings (SSSR count). The van der Waals surface area contributed by atoms with Crippen molar-refractivity contribution >= 4 is 5.91 Å². The zero-order valence-corrected chi connectivity index (χ0v) is 11.8.